The molecule has 2 nitrogen and oxygen atoms in total. The number of rotatable bonds is 0. The van der Waals surface area contributed by atoms with Crippen molar-refractivity contribution in [1.82, 2.24) is 9.97 Å². The molecule has 0 unspecified atom stereocenters. The Morgan fingerprint density at radius 1 is 1.20 bits per heavy atom. The minimum Gasteiger partial charge on any atom is -0.251 e. The predicted molar refractivity (Wildman–Crippen MR) is 66.5 cm³/mol. The van der Waals surface area contributed by atoms with Crippen LogP contribution in [0.1, 0.15) is 10.6 Å². The van der Waals surface area contributed by atoms with Gasteiger partial charge in [0, 0.05) is 16.0 Å². The van der Waals surface area contributed by atoms with Crippen LogP contribution in [-0.2, 0) is 0 Å². The molecule has 2 aromatic rings. The Kier molecular flexibility index (Phi) is 2.26. The van der Waals surface area contributed by atoms with E-state index in [9.17, 15) is 0 Å². The van der Waals surface area contributed by atoms with Crippen LogP contribution in [0.25, 0.3) is 10.6 Å². The first kappa shape index (κ1) is 9.69. The van der Waals surface area contributed by atoms with Gasteiger partial charge in [0.2, 0.25) is 0 Å². The first-order valence-corrected chi connectivity index (χ1v) is 7.49. The molecule has 0 saturated carbocycles. The summed E-state index contributed by atoms with van der Waals surface area (Å²) in [5.41, 5.74) is 2.04. The van der Waals surface area contributed by atoms with Gasteiger partial charge in [0.25, 0.3) is 0 Å². The molecular formula is C10H8N2S3. The molecule has 1 aliphatic rings. The molecule has 15 heavy (non-hydrogen) atoms. The lowest BCUT2D eigenvalue weighted by Gasteiger charge is -2.12. The van der Waals surface area contributed by atoms with E-state index in [0.717, 1.165) is 16.4 Å². The number of aryl methyl sites for hydroxylation is 2. The average molecular weight is 252 g/mol. The van der Waals surface area contributed by atoms with E-state index in [1.807, 2.05) is 13.1 Å². The highest BCUT2D eigenvalue weighted by Crippen LogP contribution is 2.52. The third kappa shape index (κ3) is 1.58. The van der Waals surface area contributed by atoms with Gasteiger partial charge >= 0.3 is 0 Å². The molecule has 2 aromatic heterocycles. The summed E-state index contributed by atoms with van der Waals surface area (Å²) in [6.45, 7) is 4.11. The van der Waals surface area contributed by atoms with Crippen LogP contribution >= 0.6 is 32.9 Å². The van der Waals surface area contributed by atoms with Crippen molar-refractivity contribution >= 4 is 32.9 Å². The second-order valence-corrected chi connectivity index (χ2v) is 6.80. The van der Waals surface area contributed by atoms with Gasteiger partial charge in [-0.15, -0.1) is 11.3 Å². The Morgan fingerprint density at radius 2 is 2.07 bits per heavy atom. The molecule has 0 aliphatic carbocycles. The second kappa shape index (κ2) is 3.50. The molecule has 0 bridgehead atoms. The summed E-state index contributed by atoms with van der Waals surface area (Å²) in [6.07, 6.45) is 1.84. The maximum absolute atomic E-state index is 4.51. The van der Waals surface area contributed by atoms with Gasteiger partial charge in [0.05, 0.1) is 10.6 Å². The Labute approximate surface area is 99.9 Å². The maximum atomic E-state index is 4.51. The third-order valence-corrected chi connectivity index (χ3v) is 5.58. The molecule has 0 fully saturated rings. The molecule has 3 rings (SSSR count). The fourth-order valence-corrected chi connectivity index (χ4v) is 5.15. The van der Waals surface area contributed by atoms with Gasteiger partial charge in [-0.25, -0.2) is 4.98 Å². The minimum absolute atomic E-state index is 0.985. The Morgan fingerprint density at radius 3 is 2.93 bits per heavy atom. The zero-order valence-corrected chi connectivity index (χ0v) is 10.7. The van der Waals surface area contributed by atoms with Gasteiger partial charge < -0.3 is 0 Å². The Bertz CT molecular complexity index is 533. The van der Waals surface area contributed by atoms with Crippen molar-refractivity contribution in [2.24, 2.45) is 0 Å². The minimum atomic E-state index is 0.985. The van der Waals surface area contributed by atoms with Crippen LogP contribution in [0.15, 0.2) is 22.2 Å². The number of nitrogens with zero attached hydrogens (tertiary/aromatic N) is 2. The second-order valence-electron chi connectivity index (χ2n) is 3.38. The molecule has 76 valence electrons. The zero-order chi connectivity index (χ0) is 10.4. The lowest BCUT2D eigenvalue weighted by molar-refractivity contribution is 1.01. The van der Waals surface area contributed by atoms with Crippen LogP contribution in [0.5, 0.6) is 0 Å². The average Bonchev–Trinajstić information content (AvgIpc) is 2.58. The molecule has 0 amide bonds. The lowest BCUT2D eigenvalue weighted by atomic mass is 10.3. The van der Waals surface area contributed by atoms with Crippen LogP contribution in [0.3, 0.4) is 0 Å². The standard InChI is InChI=1S/C10H8N2S3/c1-5-4-11-8-9-7(3-6(2)13-9)14-15-10(8)12-5/h3-4H,1-2H3. The Balaban J connectivity index is 2.25. The molecule has 0 radical (unpaired) electrons. The normalized spacial score (nSPS) is 13.5. The smallest absolute Gasteiger partial charge is 0.134 e. The fourth-order valence-electron chi connectivity index (χ4n) is 1.47. The van der Waals surface area contributed by atoms with Gasteiger partial charge in [-0.1, -0.05) is 0 Å². The van der Waals surface area contributed by atoms with Crippen LogP contribution in [0.4, 0.5) is 0 Å². The van der Waals surface area contributed by atoms with E-state index in [-0.39, 0.29) is 0 Å². The van der Waals surface area contributed by atoms with Crippen LogP contribution in [0, 0.1) is 13.8 Å². The lowest BCUT2D eigenvalue weighted by Crippen LogP contribution is -1.94. The quantitative estimate of drug-likeness (QED) is 0.663. The topological polar surface area (TPSA) is 25.8 Å². The van der Waals surface area contributed by atoms with Crippen molar-refractivity contribution in [3.63, 3.8) is 0 Å². The highest BCUT2D eigenvalue weighted by atomic mass is 33.1. The van der Waals surface area contributed by atoms with Gasteiger partial charge in [-0.2, -0.15) is 0 Å². The summed E-state index contributed by atoms with van der Waals surface area (Å²) in [5, 5.41) is 1.05. The van der Waals surface area contributed by atoms with E-state index in [4.69, 9.17) is 0 Å². The van der Waals surface area contributed by atoms with E-state index in [1.165, 1.54) is 14.6 Å². The molecule has 3 heterocycles. The van der Waals surface area contributed by atoms with Crippen molar-refractivity contribution in [2.45, 2.75) is 23.8 Å². The summed E-state index contributed by atoms with van der Waals surface area (Å²) < 4.78 is 0. The predicted octanol–water partition coefficient (Wildman–Crippen LogP) is 3.93. The van der Waals surface area contributed by atoms with Crippen molar-refractivity contribution in [1.29, 1.82) is 0 Å². The maximum Gasteiger partial charge on any atom is 0.134 e. The van der Waals surface area contributed by atoms with E-state index in [0.29, 0.717) is 0 Å². The number of hydrogen-bond donors (Lipinski definition) is 0. The number of aromatic nitrogens is 2. The molecule has 1 aliphatic heterocycles. The SMILES string of the molecule is Cc1cnc2c(n1)SSc1cc(C)sc1-2. The van der Waals surface area contributed by atoms with E-state index < -0.39 is 0 Å². The summed E-state index contributed by atoms with van der Waals surface area (Å²) in [5.74, 6) is 0. The summed E-state index contributed by atoms with van der Waals surface area (Å²) in [4.78, 5) is 12.9. The summed E-state index contributed by atoms with van der Waals surface area (Å²) in [6, 6.07) is 2.22. The molecular weight excluding hydrogens is 244 g/mol. The van der Waals surface area contributed by atoms with Gasteiger partial charge in [0.1, 0.15) is 10.7 Å². The molecule has 0 N–H and O–H groups in total. The van der Waals surface area contributed by atoms with E-state index in [1.54, 1.807) is 32.9 Å². The Hall–Kier alpha value is -0.520. The van der Waals surface area contributed by atoms with Crippen LogP contribution in [0.2, 0.25) is 0 Å². The number of thiophene rings is 1. The molecule has 0 saturated heterocycles. The van der Waals surface area contributed by atoms with Gasteiger partial charge in [0.15, 0.2) is 0 Å². The van der Waals surface area contributed by atoms with Crippen LogP contribution < -0.4 is 0 Å². The molecule has 0 atom stereocenters. The van der Waals surface area contributed by atoms with Gasteiger partial charge in [-0.3, -0.25) is 4.98 Å². The summed E-state index contributed by atoms with van der Waals surface area (Å²) in [7, 11) is 3.49. The first-order valence-electron chi connectivity index (χ1n) is 4.53. The van der Waals surface area contributed by atoms with E-state index >= 15 is 0 Å². The first-order chi connectivity index (χ1) is 7.24. The van der Waals surface area contributed by atoms with Crippen LogP contribution in [-0.4, -0.2) is 9.97 Å². The number of hydrogen-bond acceptors (Lipinski definition) is 5. The molecule has 0 aromatic carbocycles. The summed E-state index contributed by atoms with van der Waals surface area (Å²) >= 11 is 1.80. The monoisotopic (exact) mass is 252 g/mol. The molecule has 0 spiro atoms. The van der Waals surface area contributed by atoms with Crippen molar-refractivity contribution in [2.75, 3.05) is 0 Å². The zero-order valence-electron chi connectivity index (χ0n) is 8.27. The highest BCUT2D eigenvalue weighted by molar-refractivity contribution is 8.76. The van der Waals surface area contributed by atoms with Crippen molar-refractivity contribution in [3.8, 4) is 10.6 Å². The molecule has 5 heteroatoms. The van der Waals surface area contributed by atoms with Crippen molar-refractivity contribution < 1.29 is 0 Å². The van der Waals surface area contributed by atoms with Gasteiger partial charge in [-0.05, 0) is 41.5 Å². The highest BCUT2D eigenvalue weighted by Gasteiger charge is 2.22. The largest absolute Gasteiger partial charge is 0.251 e. The third-order valence-electron chi connectivity index (χ3n) is 2.11. The number of fused-ring (bicyclic) bond motifs is 3. The van der Waals surface area contributed by atoms with Crippen molar-refractivity contribution in [3.05, 3.63) is 22.8 Å². The fraction of sp³-hybridized carbons (Fsp3) is 0.200. The van der Waals surface area contributed by atoms with E-state index in [2.05, 4.69) is 23.0 Å².